The first kappa shape index (κ1) is 17.7. The number of amides is 1. The molecule has 1 aromatic rings. The molecule has 1 fully saturated rings. The molecule has 130 valence electrons. The van der Waals surface area contributed by atoms with Crippen LogP contribution in [0.1, 0.15) is 16.8 Å². The minimum absolute atomic E-state index is 0.0281. The van der Waals surface area contributed by atoms with E-state index in [0.717, 1.165) is 6.07 Å². The molecular formula is C15H19N3O6. The molecule has 1 heterocycles. The highest BCUT2D eigenvalue weighted by Gasteiger charge is 2.19. The van der Waals surface area contributed by atoms with E-state index in [1.807, 2.05) is 0 Å². The van der Waals surface area contributed by atoms with Gasteiger partial charge in [0.05, 0.1) is 30.8 Å². The maximum absolute atomic E-state index is 12.0. The fourth-order valence-corrected chi connectivity index (χ4v) is 2.35. The SMILES string of the molecule is COC(=O)c1ccc(NCCC(=O)N2CCOCC2)c([N+](=O)[O-])c1. The van der Waals surface area contributed by atoms with Crippen LogP contribution >= 0.6 is 0 Å². The van der Waals surface area contributed by atoms with E-state index in [4.69, 9.17) is 4.74 Å². The summed E-state index contributed by atoms with van der Waals surface area (Å²) >= 11 is 0. The number of nitrogens with zero attached hydrogens (tertiary/aromatic N) is 2. The molecule has 9 heteroatoms. The lowest BCUT2D eigenvalue weighted by atomic mass is 10.1. The van der Waals surface area contributed by atoms with Crippen molar-refractivity contribution in [3.8, 4) is 0 Å². The van der Waals surface area contributed by atoms with Gasteiger partial charge in [0.2, 0.25) is 5.91 Å². The van der Waals surface area contributed by atoms with Crippen molar-refractivity contribution in [1.82, 2.24) is 4.90 Å². The average molecular weight is 337 g/mol. The zero-order valence-corrected chi connectivity index (χ0v) is 13.3. The number of ether oxygens (including phenoxy) is 2. The number of carbonyl (C=O) groups is 2. The monoisotopic (exact) mass is 337 g/mol. The van der Waals surface area contributed by atoms with Gasteiger partial charge in [0.1, 0.15) is 5.69 Å². The molecule has 0 aromatic heterocycles. The number of rotatable bonds is 6. The Labute approximate surface area is 138 Å². The fraction of sp³-hybridized carbons (Fsp3) is 0.467. The fourth-order valence-electron chi connectivity index (χ4n) is 2.35. The molecule has 1 aliphatic rings. The first-order chi connectivity index (χ1) is 11.5. The first-order valence-electron chi connectivity index (χ1n) is 7.49. The van der Waals surface area contributed by atoms with Crippen molar-refractivity contribution in [1.29, 1.82) is 0 Å². The van der Waals surface area contributed by atoms with Crippen molar-refractivity contribution in [2.45, 2.75) is 6.42 Å². The van der Waals surface area contributed by atoms with Crippen LogP contribution in [0.5, 0.6) is 0 Å². The Kier molecular flexibility index (Phi) is 6.07. The van der Waals surface area contributed by atoms with Gasteiger partial charge in [-0.1, -0.05) is 0 Å². The van der Waals surface area contributed by atoms with Crippen LogP contribution in [0.25, 0.3) is 0 Å². The summed E-state index contributed by atoms with van der Waals surface area (Å²) in [6.07, 6.45) is 0.218. The van der Waals surface area contributed by atoms with Gasteiger partial charge in [0.25, 0.3) is 5.69 Å². The molecule has 0 spiro atoms. The van der Waals surface area contributed by atoms with E-state index < -0.39 is 10.9 Å². The Bertz CT molecular complexity index is 628. The van der Waals surface area contributed by atoms with E-state index in [9.17, 15) is 19.7 Å². The molecule has 24 heavy (non-hydrogen) atoms. The second-order valence-electron chi connectivity index (χ2n) is 5.15. The maximum Gasteiger partial charge on any atom is 0.338 e. The molecular weight excluding hydrogens is 318 g/mol. The van der Waals surface area contributed by atoms with Gasteiger partial charge in [-0.3, -0.25) is 14.9 Å². The molecule has 0 aliphatic carbocycles. The van der Waals surface area contributed by atoms with Gasteiger partial charge in [-0.25, -0.2) is 4.79 Å². The number of benzene rings is 1. The van der Waals surface area contributed by atoms with E-state index >= 15 is 0 Å². The Morgan fingerprint density at radius 1 is 1.38 bits per heavy atom. The number of esters is 1. The molecule has 9 nitrogen and oxygen atoms in total. The molecule has 0 unspecified atom stereocenters. The number of nitro benzene ring substituents is 1. The summed E-state index contributed by atoms with van der Waals surface area (Å²) in [6.45, 7) is 2.44. The number of anilines is 1. The van der Waals surface area contributed by atoms with Crippen LogP contribution in [0.4, 0.5) is 11.4 Å². The van der Waals surface area contributed by atoms with Gasteiger partial charge < -0.3 is 19.7 Å². The summed E-state index contributed by atoms with van der Waals surface area (Å²) in [4.78, 5) is 35.8. The average Bonchev–Trinajstić information content (AvgIpc) is 2.61. The minimum Gasteiger partial charge on any atom is -0.465 e. The lowest BCUT2D eigenvalue weighted by molar-refractivity contribution is -0.384. The van der Waals surface area contributed by atoms with E-state index in [2.05, 4.69) is 10.1 Å². The van der Waals surface area contributed by atoms with Crippen molar-refractivity contribution in [3.63, 3.8) is 0 Å². The zero-order chi connectivity index (χ0) is 17.5. The third-order valence-electron chi connectivity index (χ3n) is 3.63. The van der Waals surface area contributed by atoms with Gasteiger partial charge in [0, 0.05) is 32.1 Å². The van der Waals surface area contributed by atoms with Crippen LogP contribution < -0.4 is 5.32 Å². The highest BCUT2D eigenvalue weighted by molar-refractivity contribution is 5.91. The lowest BCUT2D eigenvalue weighted by Gasteiger charge is -2.26. The molecule has 1 amide bonds. The first-order valence-corrected chi connectivity index (χ1v) is 7.49. The third kappa shape index (κ3) is 4.42. The summed E-state index contributed by atoms with van der Waals surface area (Å²) in [5, 5.41) is 14.0. The minimum atomic E-state index is -0.646. The van der Waals surface area contributed by atoms with Crippen molar-refractivity contribution < 1.29 is 24.0 Å². The zero-order valence-electron chi connectivity index (χ0n) is 13.3. The van der Waals surface area contributed by atoms with Crippen LogP contribution in [0, 0.1) is 10.1 Å². The largest absolute Gasteiger partial charge is 0.465 e. The summed E-state index contributed by atoms with van der Waals surface area (Å²) in [7, 11) is 1.21. The van der Waals surface area contributed by atoms with Crippen LogP contribution in [-0.4, -0.2) is 61.7 Å². The smallest absolute Gasteiger partial charge is 0.338 e. The number of nitro groups is 1. The van der Waals surface area contributed by atoms with E-state index in [1.54, 1.807) is 4.90 Å². The maximum atomic E-state index is 12.0. The van der Waals surface area contributed by atoms with Crippen molar-refractivity contribution in [3.05, 3.63) is 33.9 Å². The van der Waals surface area contributed by atoms with Gasteiger partial charge in [-0.2, -0.15) is 0 Å². The summed E-state index contributed by atoms with van der Waals surface area (Å²) in [6, 6.07) is 4.02. The number of hydrogen-bond donors (Lipinski definition) is 1. The molecule has 2 rings (SSSR count). The van der Waals surface area contributed by atoms with E-state index in [0.29, 0.717) is 26.3 Å². The van der Waals surface area contributed by atoms with Crippen LogP contribution in [0.3, 0.4) is 0 Å². The van der Waals surface area contributed by atoms with Crippen molar-refractivity contribution >= 4 is 23.3 Å². The highest BCUT2D eigenvalue weighted by atomic mass is 16.6. The molecule has 1 aliphatic heterocycles. The topological polar surface area (TPSA) is 111 Å². The number of morpholine rings is 1. The predicted octanol–water partition coefficient (Wildman–Crippen LogP) is 1.04. The van der Waals surface area contributed by atoms with Gasteiger partial charge in [-0.15, -0.1) is 0 Å². The number of nitrogens with one attached hydrogen (secondary N) is 1. The second-order valence-corrected chi connectivity index (χ2v) is 5.15. The standard InChI is InChI=1S/C15H19N3O6/c1-23-15(20)11-2-3-12(13(10-11)18(21)22)16-5-4-14(19)17-6-8-24-9-7-17/h2-3,10,16H,4-9H2,1H3. The third-order valence-corrected chi connectivity index (χ3v) is 3.63. The van der Waals surface area contributed by atoms with Gasteiger partial charge in [0.15, 0.2) is 0 Å². The summed E-state index contributed by atoms with van der Waals surface area (Å²) in [5.41, 5.74) is 0.110. The van der Waals surface area contributed by atoms with Gasteiger partial charge in [-0.05, 0) is 12.1 Å². The molecule has 0 atom stereocenters. The van der Waals surface area contributed by atoms with E-state index in [-0.39, 0.29) is 35.8 Å². The molecule has 1 saturated heterocycles. The highest BCUT2D eigenvalue weighted by Crippen LogP contribution is 2.26. The van der Waals surface area contributed by atoms with E-state index in [1.165, 1.54) is 19.2 Å². The molecule has 0 radical (unpaired) electrons. The number of carbonyl (C=O) groups excluding carboxylic acids is 2. The number of hydrogen-bond acceptors (Lipinski definition) is 7. The molecule has 1 N–H and O–H groups in total. The van der Waals surface area contributed by atoms with Crippen molar-refractivity contribution in [2.24, 2.45) is 0 Å². The van der Waals surface area contributed by atoms with Crippen LogP contribution in [0.2, 0.25) is 0 Å². The molecule has 0 bridgehead atoms. The second kappa shape index (κ2) is 8.25. The van der Waals surface area contributed by atoms with Crippen molar-refractivity contribution in [2.75, 3.05) is 45.3 Å². The lowest BCUT2D eigenvalue weighted by Crippen LogP contribution is -2.41. The quantitative estimate of drug-likeness (QED) is 0.469. The Balaban J connectivity index is 1.97. The Hall–Kier alpha value is -2.68. The Morgan fingerprint density at radius 3 is 2.71 bits per heavy atom. The number of methoxy groups -OCH3 is 1. The summed E-state index contributed by atoms with van der Waals surface area (Å²) < 4.78 is 9.73. The van der Waals surface area contributed by atoms with Crippen LogP contribution in [0.15, 0.2) is 18.2 Å². The van der Waals surface area contributed by atoms with Gasteiger partial charge >= 0.3 is 5.97 Å². The molecule has 0 saturated carbocycles. The molecule has 1 aromatic carbocycles. The normalized spacial score (nSPS) is 14.1. The Morgan fingerprint density at radius 2 is 2.08 bits per heavy atom. The summed E-state index contributed by atoms with van der Waals surface area (Å²) in [5.74, 6) is -0.674. The van der Waals surface area contributed by atoms with Crippen LogP contribution in [-0.2, 0) is 14.3 Å². The predicted molar refractivity (Wildman–Crippen MR) is 84.9 cm³/mol.